The number of ether oxygens (including phenoxy) is 1. The number of nitrogens with zero attached hydrogens (tertiary/aromatic N) is 1. The van der Waals surface area contributed by atoms with Crippen LogP contribution in [-0.2, 0) is 21.2 Å². The minimum Gasteiger partial charge on any atom is -0.444 e. The minimum atomic E-state index is -3.90. The van der Waals surface area contributed by atoms with Crippen LogP contribution in [-0.4, -0.2) is 54.8 Å². The standard InChI is InChI=1S/C25H37N3O5S/c1-18(2)16-28(34(31,32)21-13-11-20(26)12-14-21)17-23(29)22(15-19-9-7-6-8-10-19)27-24(30)33-25(3,4)5/h6-14,18,22-23,29H,15-17,26H2,1-5H3,(H,27,30)/t22-,23?/m0/s1. The number of hydrogen-bond donors (Lipinski definition) is 3. The third-order valence-electron chi connectivity index (χ3n) is 4.94. The monoisotopic (exact) mass is 491 g/mol. The lowest BCUT2D eigenvalue weighted by Gasteiger charge is -2.31. The van der Waals surface area contributed by atoms with E-state index in [9.17, 15) is 18.3 Å². The Hall–Kier alpha value is -2.62. The van der Waals surface area contributed by atoms with Crippen LogP contribution in [0.1, 0.15) is 40.2 Å². The molecule has 34 heavy (non-hydrogen) atoms. The van der Waals surface area contributed by atoms with Gasteiger partial charge in [0.1, 0.15) is 5.60 Å². The lowest BCUT2D eigenvalue weighted by atomic mass is 10.0. The van der Waals surface area contributed by atoms with E-state index in [1.54, 1.807) is 20.8 Å². The molecule has 0 bridgehead atoms. The van der Waals surface area contributed by atoms with Crippen LogP contribution in [0.3, 0.4) is 0 Å². The van der Waals surface area contributed by atoms with Crippen LogP contribution >= 0.6 is 0 Å². The van der Waals surface area contributed by atoms with Crippen molar-refractivity contribution in [2.75, 3.05) is 18.8 Å². The Morgan fingerprint density at radius 3 is 2.18 bits per heavy atom. The van der Waals surface area contributed by atoms with Crippen molar-refractivity contribution in [1.29, 1.82) is 0 Å². The Labute approximate surface area is 203 Å². The van der Waals surface area contributed by atoms with Gasteiger partial charge >= 0.3 is 6.09 Å². The van der Waals surface area contributed by atoms with Crippen molar-refractivity contribution in [1.82, 2.24) is 9.62 Å². The molecule has 188 valence electrons. The van der Waals surface area contributed by atoms with Crippen molar-refractivity contribution >= 4 is 21.8 Å². The van der Waals surface area contributed by atoms with Crippen molar-refractivity contribution in [3.8, 4) is 0 Å². The third-order valence-corrected chi connectivity index (χ3v) is 6.79. The summed E-state index contributed by atoms with van der Waals surface area (Å²) in [6, 6.07) is 14.5. The Bertz CT molecular complexity index is 1020. The first kappa shape index (κ1) is 27.6. The van der Waals surface area contributed by atoms with Crippen LogP contribution in [0.25, 0.3) is 0 Å². The number of nitrogens with one attached hydrogen (secondary N) is 1. The first-order valence-electron chi connectivity index (χ1n) is 11.3. The third kappa shape index (κ3) is 8.62. The van der Waals surface area contributed by atoms with Gasteiger partial charge in [0, 0.05) is 18.8 Å². The van der Waals surface area contributed by atoms with Gasteiger partial charge in [0.2, 0.25) is 10.0 Å². The number of sulfonamides is 1. The molecule has 1 amide bonds. The largest absolute Gasteiger partial charge is 0.444 e. The SMILES string of the molecule is CC(C)CN(CC(O)[C@H](Cc1ccccc1)NC(=O)OC(C)(C)C)S(=O)(=O)c1ccc(N)cc1. The van der Waals surface area contributed by atoms with Crippen molar-refractivity contribution in [2.24, 2.45) is 5.92 Å². The van der Waals surface area contributed by atoms with Crippen LogP contribution in [0.5, 0.6) is 0 Å². The number of aliphatic hydroxyl groups excluding tert-OH is 1. The van der Waals surface area contributed by atoms with Crippen LogP contribution in [0.2, 0.25) is 0 Å². The van der Waals surface area contributed by atoms with Crippen molar-refractivity contribution in [2.45, 2.75) is 63.7 Å². The topological polar surface area (TPSA) is 122 Å². The number of amides is 1. The first-order valence-corrected chi connectivity index (χ1v) is 12.8. The van der Waals surface area contributed by atoms with Crippen molar-refractivity contribution in [3.63, 3.8) is 0 Å². The predicted octanol–water partition coefficient (Wildman–Crippen LogP) is 3.41. The summed E-state index contributed by atoms with van der Waals surface area (Å²) >= 11 is 0. The van der Waals surface area contributed by atoms with E-state index in [1.165, 1.54) is 28.6 Å². The number of anilines is 1. The number of alkyl carbamates (subject to hydrolysis) is 1. The molecule has 0 aliphatic carbocycles. The molecule has 2 atom stereocenters. The van der Waals surface area contributed by atoms with Crippen LogP contribution < -0.4 is 11.1 Å². The quantitative estimate of drug-likeness (QED) is 0.438. The molecular formula is C25H37N3O5S. The van der Waals surface area contributed by atoms with E-state index < -0.39 is 33.9 Å². The van der Waals surface area contributed by atoms with Gasteiger partial charge in [0.15, 0.2) is 0 Å². The zero-order valence-corrected chi connectivity index (χ0v) is 21.4. The first-order chi connectivity index (χ1) is 15.8. The molecule has 2 aromatic carbocycles. The molecule has 9 heteroatoms. The van der Waals surface area contributed by atoms with Gasteiger partial charge in [-0.1, -0.05) is 44.2 Å². The molecule has 0 aliphatic heterocycles. The molecule has 2 rings (SSSR count). The summed E-state index contributed by atoms with van der Waals surface area (Å²) in [6.45, 7) is 9.05. The maximum atomic E-state index is 13.4. The van der Waals surface area contributed by atoms with Gasteiger partial charge < -0.3 is 20.9 Å². The molecular weight excluding hydrogens is 454 g/mol. The van der Waals surface area contributed by atoms with Crippen LogP contribution in [0.4, 0.5) is 10.5 Å². The van der Waals surface area contributed by atoms with Gasteiger partial charge in [-0.25, -0.2) is 13.2 Å². The molecule has 0 heterocycles. The zero-order chi connectivity index (χ0) is 25.5. The van der Waals surface area contributed by atoms with Crippen molar-refractivity contribution in [3.05, 3.63) is 60.2 Å². The summed E-state index contributed by atoms with van der Waals surface area (Å²) in [7, 11) is -3.90. The number of nitrogens with two attached hydrogens (primary N) is 1. The highest BCUT2D eigenvalue weighted by Crippen LogP contribution is 2.20. The maximum absolute atomic E-state index is 13.4. The van der Waals surface area contributed by atoms with Gasteiger partial charge in [0.25, 0.3) is 0 Å². The van der Waals surface area contributed by atoms with Gasteiger partial charge in [-0.15, -0.1) is 0 Å². The summed E-state index contributed by atoms with van der Waals surface area (Å²) in [5.74, 6) is 0.0159. The van der Waals surface area contributed by atoms with E-state index in [1.807, 2.05) is 44.2 Å². The fraction of sp³-hybridized carbons (Fsp3) is 0.480. The molecule has 1 unspecified atom stereocenters. The molecule has 0 aliphatic rings. The number of aliphatic hydroxyl groups is 1. The van der Waals surface area contributed by atoms with E-state index >= 15 is 0 Å². The number of carbonyl (C=O) groups is 1. The molecule has 0 saturated heterocycles. The van der Waals surface area contributed by atoms with Gasteiger partial charge in [-0.2, -0.15) is 4.31 Å². The molecule has 0 aromatic heterocycles. The zero-order valence-electron chi connectivity index (χ0n) is 20.6. The second kappa shape index (κ2) is 11.7. The lowest BCUT2D eigenvalue weighted by molar-refractivity contribution is 0.0400. The molecule has 0 saturated carbocycles. The summed E-state index contributed by atoms with van der Waals surface area (Å²) in [5.41, 5.74) is 6.34. The second-order valence-corrected chi connectivity index (χ2v) is 11.7. The number of carbonyl (C=O) groups excluding carboxylic acids is 1. The lowest BCUT2D eigenvalue weighted by Crippen LogP contribution is -2.51. The summed E-state index contributed by atoms with van der Waals surface area (Å²) in [5, 5.41) is 13.9. The molecule has 0 spiro atoms. The Balaban J connectivity index is 2.30. The molecule has 2 aromatic rings. The van der Waals surface area contributed by atoms with Gasteiger partial charge in [-0.05, 0) is 62.9 Å². The van der Waals surface area contributed by atoms with E-state index in [0.717, 1.165) is 5.56 Å². The Morgan fingerprint density at radius 2 is 1.65 bits per heavy atom. The normalized spacial score (nSPS) is 14.1. The minimum absolute atomic E-state index is 0.0159. The van der Waals surface area contributed by atoms with E-state index in [2.05, 4.69) is 5.32 Å². The average Bonchev–Trinajstić information content (AvgIpc) is 2.72. The smallest absolute Gasteiger partial charge is 0.407 e. The van der Waals surface area contributed by atoms with E-state index in [4.69, 9.17) is 10.5 Å². The highest BCUT2D eigenvalue weighted by atomic mass is 32.2. The Kier molecular flexibility index (Phi) is 9.49. The number of hydrogen-bond acceptors (Lipinski definition) is 6. The van der Waals surface area contributed by atoms with Crippen LogP contribution in [0.15, 0.2) is 59.5 Å². The second-order valence-electron chi connectivity index (χ2n) is 9.79. The fourth-order valence-electron chi connectivity index (χ4n) is 3.41. The predicted molar refractivity (Wildman–Crippen MR) is 134 cm³/mol. The highest BCUT2D eigenvalue weighted by Gasteiger charge is 2.32. The molecule has 8 nitrogen and oxygen atoms in total. The summed E-state index contributed by atoms with van der Waals surface area (Å²) in [4.78, 5) is 12.6. The van der Waals surface area contributed by atoms with E-state index in [0.29, 0.717) is 12.1 Å². The van der Waals surface area contributed by atoms with Gasteiger partial charge in [-0.3, -0.25) is 0 Å². The summed E-state index contributed by atoms with van der Waals surface area (Å²) in [6.07, 6.45) is -1.56. The number of benzene rings is 2. The molecule has 4 N–H and O–H groups in total. The Morgan fingerprint density at radius 1 is 1.06 bits per heavy atom. The highest BCUT2D eigenvalue weighted by molar-refractivity contribution is 7.89. The fourth-order valence-corrected chi connectivity index (χ4v) is 5.03. The van der Waals surface area contributed by atoms with Crippen LogP contribution in [0, 0.1) is 5.92 Å². The van der Waals surface area contributed by atoms with E-state index in [-0.39, 0.29) is 23.9 Å². The molecule has 0 radical (unpaired) electrons. The molecule has 0 fully saturated rings. The maximum Gasteiger partial charge on any atom is 0.407 e. The number of nitrogen functional groups attached to an aromatic ring is 1. The number of rotatable bonds is 10. The van der Waals surface area contributed by atoms with Crippen molar-refractivity contribution < 1.29 is 23.1 Å². The summed E-state index contributed by atoms with van der Waals surface area (Å²) < 4.78 is 33.4. The average molecular weight is 492 g/mol. The van der Waals surface area contributed by atoms with Gasteiger partial charge in [0.05, 0.1) is 17.0 Å².